The molecule has 4 heteroatoms. The highest BCUT2D eigenvalue weighted by Gasteiger charge is 2.19. The number of aromatic nitrogens is 2. The summed E-state index contributed by atoms with van der Waals surface area (Å²) in [5, 5.41) is 8.22. The Morgan fingerprint density at radius 1 is 1.15 bits per heavy atom. The Hall–Kier alpha value is -0.870. The van der Waals surface area contributed by atoms with E-state index < -0.39 is 0 Å². The van der Waals surface area contributed by atoms with Gasteiger partial charge >= 0.3 is 0 Å². The van der Waals surface area contributed by atoms with Crippen LogP contribution in [0.1, 0.15) is 56.7 Å². The largest absolute Gasteiger partial charge is 0.317 e. The minimum atomic E-state index is 0.660. The second-order valence-corrected chi connectivity index (χ2v) is 6.42. The lowest BCUT2D eigenvalue weighted by Crippen LogP contribution is -2.40. The van der Waals surface area contributed by atoms with E-state index in [1.807, 2.05) is 0 Å². The van der Waals surface area contributed by atoms with Crippen LogP contribution in [0.3, 0.4) is 0 Å². The van der Waals surface area contributed by atoms with Crippen molar-refractivity contribution in [3.05, 3.63) is 18.0 Å². The number of hydrogen-bond acceptors (Lipinski definition) is 3. The van der Waals surface area contributed by atoms with Crippen LogP contribution in [0.15, 0.2) is 12.3 Å². The van der Waals surface area contributed by atoms with Crippen LogP contribution < -0.4 is 5.32 Å². The van der Waals surface area contributed by atoms with Gasteiger partial charge < -0.3 is 5.32 Å². The van der Waals surface area contributed by atoms with Crippen LogP contribution in [-0.4, -0.2) is 40.9 Å². The van der Waals surface area contributed by atoms with E-state index in [0.717, 1.165) is 6.54 Å². The Labute approximate surface area is 122 Å². The molecule has 112 valence electrons. The summed E-state index contributed by atoms with van der Waals surface area (Å²) < 4.78 is 2.23. The summed E-state index contributed by atoms with van der Waals surface area (Å²) in [5.74, 6) is 0. The molecule has 1 N–H and O–H groups in total. The van der Waals surface area contributed by atoms with Crippen molar-refractivity contribution < 1.29 is 0 Å². The molecule has 0 aromatic carbocycles. The number of hydrogen-bond donors (Lipinski definition) is 1. The Morgan fingerprint density at radius 3 is 2.60 bits per heavy atom. The summed E-state index contributed by atoms with van der Waals surface area (Å²) in [6, 6.07) is 3.59. The molecule has 0 bridgehead atoms. The maximum absolute atomic E-state index is 4.83. The molecule has 4 nitrogen and oxygen atoms in total. The van der Waals surface area contributed by atoms with Gasteiger partial charge in [0.25, 0.3) is 0 Å². The lowest BCUT2D eigenvalue weighted by atomic mass is 9.96. The second kappa shape index (κ2) is 6.72. The minimum absolute atomic E-state index is 0.660. The Bertz CT molecular complexity index is 400. The molecule has 3 rings (SSSR count). The molecule has 0 unspecified atom stereocenters. The summed E-state index contributed by atoms with van der Waals surface area (Å²) in [5.41, 5.74) is 1.25. The molecule has 2 fully saturated rings. The summed E-state index contributed by atoms with van der Waals surface area (Å²) in [4.78, 5) is 2.54. The molecule has 0 spiro atoms. The van der Waals surface area contributed by atoms with Crippen molar-refractivity contribution in [3.63, 3.8) is 0 Å². The van der Waals surface area contributed by atoms with Gasteiger partial charge in [-0.05, 0) is 38.8 Å². The number of piperidine rings is 1. The van der Waals surface area contributed by atoms with Crippen molar-refractivity contribution in [2.24, 2.45) is 0 Å². The van der Waals surface area contributed by atoms with E-state index in [9.17, 15) is 0 Å². The van der Waals surface area contributed by atoms with Crippen LogP contribution in [0.4, 0.5) is 0 Å². The van der Waals surface area contributed by atoms with E-state index in [-0.39, 0.29) is 0 Å². The van der Waals surface area contributed by atoms with Gasteiger partial charge in [-0.3, -0.25) is 9.58 Å². The maximum atomic E-state index is 4.83. The molecule has 1 aliphatic carbocycles. The quantitative estimate of drug-likeness (QED) is 0.917. The number of likely N-dealkylation sites (tertiary alicyclic amines) is 1. The van der Waals surface area contributed by atoms with Crippen LogP contribution in [0.25, 0.3) is 0 Å². The van der Waals surface area contributed by atoms with Crippen LogP contribution in [-0.2, 0) is 6.54 Å². The van der Waals surface area contributed by atoms with Crippen molar-refractivity contribution >= 4 is 0 Å². The molecule has 0 atom stereocenters. The van der Waals surface area contributed by atoms with Crippen molar-refractivity contribution in [2.45, 2.75) is 63.6 Å². The van der Waals surface area contributed by atoms with Crippen LogP contribution in [0.5, 0.6) is 0 Å². The van der Waals surface area contributed by atoms with Gasteiger partial charge in [0, 0.05) is 31.9 Å². The Balaban J connectivity index is 1.52. The van der Waals surface area contributed by atoms with E-state index >= 15 is 0 Å². The first-order valence-corrected chi connectivity index (χ1v) is 8.29. The van der Waals surface area contributed by atoms with Gasteiger partial charge in [-0.1, -0.05) is 19.3 Å². The molecule has 2 heterocycles. The summed E-state index contributed by atoms with van der Waals surface area (Å²) in [6.07, 6.45) is 11.5. The molecular formula is C16H28N4. The van der Waals surface area contributed by atoms with Gasteiger partial charge in [-0.2, -0.15) is 5.10 Å². The average molecular weight is 276 g/mol. The second-order valence-electron chi connectivity index (χ2n) is 6.42. The Kier molecular flexibility index (Phi) is 4.73. The molecule has 1 aliphatic heterocycles. The van der Waals surface area contributed by atoms with E-state index in [1.54, 1.807) is 0 Å². The fourth-order valence-corrected chi connectivity index (χ4v) is 3.62. The summed E-state index contributed by atoms with van der Waals surface area (Å²) in [6.45, 7) is 3.42. The standard InChI is InChI=1S/C16H28N4/c1-17-14-7-10-19(11-8-14)13-15-9-12-20(18-15)16-5-3-2-4-6-16/h9,12,14,16-17H,2-8,10-11,13H2,1H3. The first-order valence-electron chi connectivity index (χ1n) is 8.29. The van der Waals surface area contributed by atoms with E-state index in [1.165, 1.54) is 63.7 Å². The zero-order valence-electron chi connectivity index (χ0n) is 12.7. The molecule has 1 aromatic heterocycles. The van der Waals surface area contributed by atoms with Crippen LogP contribution in [0.2, 0.25) is 0 Å². The van der Waals surface area contributed by atoms with Crippen molar-refractivity contribution in [3.8, 4) is 0 Å². The van der Waals surface area contributed by atoms with E-state index in [2.05, 4.69) is 34.2 Å². The third-order valence-corrected chi connectivity index (χ3v) is 4.99. The van der Waals surface area contributed by atoms with Gasteiger partial charge in [0.05, 0.1) is 11.7 Å². The molecule has 20 heavy (non-hydrogen) atoms. The van der Waals surface area contributed by atoms with Crippen LogP contribution >= 0.6 is 0 Å². The average Bonchev–Trinajstić information content (AvgIpc) is 2.97. The molecule has 0 radical (unpaired) electrons. The lowest BCUT2D eigenvalue weighted by Gasteiger charge is -2.31. The van der Waals surface area contributed by atoms with Gasteiger partial charge in [0.1, 0.15) is 0 Å². The zero-order chi connectivity index (χ0) is 13.8. The number of rotatable bonds is 4. The van der Waals surface area contributed by atoms with Gasteiger partial charge in [-0.25, -0.2) is 0 Å². The molecule has 0 amide bonds. The predicted molar refractivity (Wildman–Crippen MR) is 81.7 cm³/mol. The van der Waals surface area contributed by atoms with Crippen molar-refractivity contribution in [1.82, 2.24) is 20.0 Å². The first-order chi connectivity index (χ1) is 9.85. The highest BCUT2D eigenvalue weighted by atomic mass is 15.3. The third kappa shape index (κ3) is 3.41. The van der Waals surface area contributed by atoms with Crippen molar-refractivity contribution in [2.75, 3.05) is 20.1 Å². The molecule has 1 saturated heterocycles. The molecule has 2 aliphatic rings. The third-order valence-electron chi connectivity index (χ3n) is 4.99. The first kappa shape index (κ1) is 14.1. The molecule has 1 aromatic rings. The van der Waals surface area contributed by atoms with E-state index in [0.29, 0.717) is 12.1 Å². The normalized spacial score (nSPS) is 23.2. The number of nitrogens with zero attached hydrogens (tertiary/aromatic N) is 3. The van der Waals surface area contributed by atoms with Crippen LogP contribution in [0, 0.1) is 0 Å². The van der Waals surface area contributed by atoms with Gasteiger partial charge in [0.15, 0.2) is 0 Å². The highest BCUT2D eigenvalue weighted by molar-refractivity contribution is 5.00. The zero-order valence-corrected chi connectivity index (χ0v) is 12.7. The smallest absolute Gasteiger partial charge is 0.0764 e. The predicted octanol–water partition coefficient (Wildman–Crippen LogP) is 2.57. The lowest BCUT2D eigenvalue weighted by molar-refractivity contribution is 0.191. The van der Waals surface area contributed by atoms with Gasteiger partial charge in [-0.15, -0.1) is 0 Å². The maximum Gasteiger partial charge on any atom is 0.0764 e. The summed E-state index contributed by atoms with van der Waals surface area (Å²) in [7, 11) is 2.08. The highest BCUT2D eigenvalue weighted by Crippen LogP contribution is 2.27. The SMILES string of the molecule is CNC1CCN(Cc2ccn(C3CCCCC3)n2)CC1. The summed E-state index contributed by atoms with van der Waals surface area (Å²) >= 11 is 0. The topological polar surface area (TPSA) is 33.1 Å². The monoisotopic (exact) mass is 276 g/mol. The number of nitrogens with one attached hydrogen (secondary N) is 1. The fourth-order valence-electron chi connectivity index (χ4n) is 3.62. The van der Waals surface area contributed by atoms with Crippen molar-refractivity contribution in [1.29, 1.82) is 0 Å². The minimum Gasteiger partial charge on any atom is -0.317 e. The fraction of sp³-hybridized carbons (Fsp3) is 0.812. The molecule has 1 saturated carbocycles. The van der Waals surface area contributed by atoms with Gasteiger partial charge in [0.2, 0.25) is 0 Å². The molecular weight excluding hydrogens is 248 g/mol. The van der Waals surface area contributed by atoms with E-state index in [4.69, 9.17) is 5.10 Å². The Morgan fingerprint density at radius 2 is 1.90 bits per heavy atom.